The Balaban J connectivity index is 1.51. The third-order valence-electron chi connectivity index (χ3n) is 4.61. The monoisotopic (exact) mass is 386 g/mol. The van der Waals surface area contributed by atoms with Crippen LogP contribution in [0.4, 0.5) is 0 Å². The van der Waals surface area contributed by atoms with E-state index in [1.807, 2.05) is 19.1 Å². The molecule has 1 aliphatic rings. The van der Waals surface area contributed by atoms with Crippen molar-refractivity contribution in [2.75, 3.05) is 46.5 Å². The molecular formula is C20H26N4O2S. The minimum absolute atomic E-state index is 0.535. The van der Waals surface area contributed by atoms with Crippen molar-refractivity contribution >= 4 is 33.8 Å². The Bertz CT molecular complexity index is 819. The first-order valence-corrected chi connectivity index (χ1v) is 9.53. The van der Waals surface area contributed by atoms with Crippen molar-refractivity contribution in [3.05, 3.63) is 42.0 Å². The molecule has 0 saturated carbocycles. The fourth-order valence-electron chi connectivity index (χ4n) is 2.97. The summed E-state index contributed by atoms with van der Waals surface area (Å²) >= 11 is 5.31. The van der Waals surface area contributed by atoms with E-state index in [0.717, 1.165) is 67.2 Å². The summed E-state index contributed by atoms with van der Waals surface area (Å²) in [6.07, 6.45) is 0. The minimum atomic E-state index is 0.535. The first kappa shape index (κ1) is 19.5. The zero-order chi connectivity index (χ0) is 19.1. The largest absolute Gasteiger partial charge is 0.497 e. The van der Waals surface area contributed by atoms with Gasteiger partial charge in [0.25, 0.3) is 0 Å². The summed E-state index contributed by atoms with van der Waals surface area (Å²) in [6.45, 7) is 7.28. The van der Waals surface area contributed by atoms with Crippen LogP contribution in [-0.4, -0.2) is 62.2 Å². The molecule has 0 unspecified atom stereocenters. The van der Waals surface area contributed by atoms with Gasteiger partial charge in [0, 0.05) is 26.2 Å². The number of thiocarbonyl (C=S) groups is 1. The van der Waals surface area contributed by atoms with E-state index in [-0.39, 0.29) is 0 Å². The molecule has 0 amide bonds. The molecule has 1 fully saturated rings. The van der Waals surface area contributed by atoms with Gasteiger partial charge in [-0.15, -0.1) is 0 Å². The lowest BCUT2D eigenvalue weighted by molar-refractivity contribution is 0.0389. The Kier molecular flexibility index (Phi) is 6.98. The molecule has 1 saturated heterocycles. The molecule has 3 rings (SSSR count). The van der Waals surface area contributed by atoms with Gasteiger partial charge in [-0.25, -0.2) is 0 Å². The van der Waals surface area contributed by atoms with Gasteiger partial charge in [-0.3, -0.25) is 10.3 Å². The SMILES string of the molecule is COc1ccc2cc(/C(C)=N/NC(=S)NCCN3CCOCC3)ccc2c1. The van der Waals surface area contributed by atoms with Crippen LogP contribution < -0.4 is 15.5 Å². The number of fused-ring (bicyclic) bond motifs is 1. The first-order chi connectivity index (χ1) is 13.2. The summed E-state index contributed by atoms with van der Waals surface area (Å²) in [5.41, 5.74) is 4.86. The van der Waals surface area contributed by atoms with E-state index < -0.39 is 0 Å². The molecule has 0 bridgehead atoms. The molecule has 0 aromatic heterocycles. The summed E-state index contributed by atoms with van der Waals surface area (Å²) in [6, 6.07) is 12.3. The Morgan fingerprint density at radius 3 is 2.70 bits per heavy atom. The molecule has 27 heavy (non-hydrogen) atoms. The van der Waals surface area contributed by atoms with Crippen molar-refractivity contribution in [2.24, 2.45) is 5.10 Å². The normalized spacial score (nSPS) is 15.6. The van der Waals surface area contributed by atoms with Gasteiger partial charge in [0.05, 0.1) is 26.0 Å². The number of hydrogen-bond acceptors (Lipinski definition) is 5. The third-order valence-corrected chi connectivity index (χ3v) is 4.84. The number of nitrogens with one attached hydrogen (secondary N) is 2. The fraction of sp³-hybridized carbons (Fsp3) is 0.400. The Hall–Kier alpha value is -2.22. The number of morpholine rings is 1. The van der Waals surface area contributed by atoms with Crippen molar-refractivity contribution in [1.29, 1.82) is 0 Å². The van der Waals surface area contributed by atoms with Gasteiger partial charge in [0.1, 0.15) is 5.75 Å². The number of hydrogen-bond donors (Lipinski definition) is 2. The summed E-state index contributed by atoms with van der Waals surface area (Å²) in [5, 5.41) is 10.4. The number of methoxy groups -OCH3 is 1. The summed E-state index contributed by atoms with van der Waals surface area (Å²) in [7, 11) is 1.68. The van der Waals surface area contributed by atoms with Crippen molar-refractivity contribution in [1.82, 2.24) is 15.6 Å². The maximum Gasteiger partial charge on any atom is 0.187 e. The van der Waals surface area contributed by atoms with E-state index >= 15 is 0 Å². The number of benzene rings is 2. The molecule has 144 valence electrons. The van der Waals surface area contributed by atoms with Crippen LogP contribution in [-0.2, 0) is 4.74 Å². The standard InChI is InChI=1S/C20H26N4O2S/c1-15(16-3-4-18-14-19(25-2)6-5-17(18)13-16)22-23-20(27)21-7-8-24-9-11-26-12-10-24/h3-6,13-14H,7-12H2,1-2H3,(H2,21,23,27)/b22-15+. The van der Waals surface area contributed by atoms with E-state index in [1.165, 1.54) is 0 Å². The highest BCUT2D eigenvalue weighted by molar-refractivity contribution is 7.80. The second kappa shape index (κ2) is 9.64. The van der Waals surface area contributed by atoms with Gasteiger partial charge in [0.15, 0.2) is 5.11 Å². The smallest absolute Gasteiger partial charge is 0.187 e. The molecule has 1 heterocycles. The van der Waals surface area contributed by atoms with E-state index in [4.69, 9.17) is 21.7 Å². The van der Waals surface area contributed by atoms with Crippen LogP contribution in [0, 0.1) is 0 Å². The average molecular weight is 387 g/mol. The first-order valence-electron chi connectivity index (χ1n) is 9.12. The van der Waals surface area contributed by atoms with Gasteiger partial charge >= 0.3 is 0 Å². The molecule has 2 aromatic rings. The summed E-state index contributed by atoms with van der Waals surface area (Å²) < 4.78 is 10.6. The highest BCUT2D eigenvalue weighted by Crippen LogP contribution is 2.22. The van der Waals surface area contributed by atoms with Crippen molar-refractivity contribution < 1.29 is 9.47 Å². The molecule has 0 atom stereocenters. The van der Waals surface area contributed by atoms with E-state index in [1.54, 1.807) is 7.11 Å². The molecule has 0 aliphatic carbocycles. The summed E-state index contributed by atoms with van der Waals surface area (Å²) in [5.74, 6) is 0.857. The van der Waals surface area contributed by atoms with E-state index in [0.29, 0.717) is 5.11 Å². The van der Waals surface area contributed by atoms with Crippen LogP contribution in [0.25, 0.3) is 10.8 Å². The minimum Gasteiger partial charge on any atom is -0.497 e. The predicted octanol–water partition coefficient (Wildman–Crippen LogP) is 2.37. The van der Waals surface area contributed by atoms with Gasteiger partial charge in [-0.1, -0.05) is 18.2 Å². The van der Waals surface area contributed by atoms with Crippen LogP contribution in [0.2, 0.25) is 0 Å². The Morgan fingerprint density at radius 2 is 1.93 bits per heavy atom. The van der Waals surface area contributed by atoms with Crippen molar-refractivity contribution in [3.8, 4) is 5.75 Å². The van der Waals surface area contributed by atoms with Crippen molar-refractivity contribution in [3.63, 3.8) is 0 Å². The average Bonchev–Trinajstić information content (AvgIpc) is 2.72. The Morgan fingerprint density at radius 1 is 1.19 bits per heavy atom. The van der Waals surface area contributed by atoms with Gasteiger partial charge in [-0.05, 0) is 53.7 Å². The number of hydrazone groups is 1. The number of ether oxygens (including phenoxy) is 2. The molecule has 2 N–H and O–H groups in total. The van der Waals surface area contributed by atoms with Crippen LogP contribution in [0.5, 0.6) is 5.75 Å². The molecule has 2 aromatic carbocycles. The summed E-state index contributed by atoms with van der Waals surface area (Å²) in [4.78, 5) is 2.36. The maximum atomic E-state index is 5.35. The predicted molar refractivity (Wildman–Crippen MR) is 114 cm³/mol. The highest BCUT2D eigenvalue weighted by atomic mass is 32.1. The second-order valence-corrected chi connectivity index (χ2v) is 6.86. The molecule has 0 radical (unpaired) electrons. The lowest BCUT2D eigenvalue weighted by atomic mass is 10.0. The number of rotatable bonds is 6. The number of nitrogens with zero attached hydrogens (tertiary/aromatic N) is 2. The quantitative estimate of drug-likeness (QED) is 0.452. The maximum absolute atomic E-state index is 5.35. The fourth-order valence-corrected chi connectivity index (χ4v) is 3.11. The van der Waals surface area contributed by atoms with Crippen LogP contribution in [0.1, 0.15) is 12.5 Å². The van der Waals surface area contributed by atoms with E-state index in [2.05, 4.69) is 45.0 Å². The second-order valence-electron chi connectivity index (χ2n) is 6.45. The zero-order valence-corrected chi connectivity index (χ0v) is 16.6. The molecule has 6 nitrogen and oxygen atoms in total. The van der Waals surface area contributed by atoms with Crippen LogP contribution in [0.3, 0.4) is 0 Å². The zero-order valence-electron chi connectivity index (χ0n) is 15.8. The highest BCUT2D eigenvalue weighted by Gasteiger charge is 2.09. The topological polar surface area (TPSA) is 58.1 Å². The molecule has 1 aliphatic heterocycles. The Labute approximate surface area is 165 Å². The lowest BCUT2D eigenvalue weighted by Gasteiger charge is -2.26. The molecule has 7 heteroatoms. The van der Waals surface area contributed by atoms with Crippen LogP contribution in [0.15, 0.2) is 41.5 Å². The van der Waals surface area contributed by atoms with Crippen molar-refractivity contribution in [2.45, 2.75) is 6.92 Å². The third kappa shape index (κ3) is 5.63. The van der Waals surface area contributed by atoms with Gasteiger partial charge in [0.2, 0.25) is 0 Å². The lowest BCUT2D eigenvalue weighted by Crippen LogP contribution is -2.42. The molecule has 0 spiro atoms. The van der Waals surface area contributed by atoms with E-state index in [9.17, 15) is 0 Å². The molecular weight excluding hydrogens is 360 g/mol. The van der Waals surface area contributed by atoms with Gasteiger partial charge in [-0.2, -0.15) is 5.10 Å². The van der Waals surface area contributed by atoms with Gasteiger partial charge < -0.3 is 14.8 Å². The van der Waals surface area contributed by atoms with Crippen LogP contribution >= 0.6 is 12.2 Å².